The maximum Gasteiger partial charge on any atom is 0.124 e. The van der Waals surface area contributed by atoms with E-state index in [4.69, 9.17) is 9.47 Å². The van der Waals surface area contributed by atoms with Gasteiger partial charge in [0.2, 0.25) is 0 Å². The number of aliphatic hydroxyl groups excluding tert-OH is 3. The van der Waals surface area contributed by atoms with Gasteiger partial charge in [-0.1, -0.05) is 11.8 Å². The Morgan fingerprint density at radius 3 is 2.31 bits per heavy atom. The highest BCUT2D eigenvalue weighted by molar-refractivity contribution is 5.48. The van der Waals surface area contributed by atoms with E-state index in [9.17, 15) is 19.7 Å². The number of ether oxygens (including phenoxy) is 2. The van der Waals surface area contributed by atoms with E-state index in [1.165, 1.54) is 19.2 Å². The van der Waals surface area contributed by atoms with Crippen LogP contribution in [0.3, 0.4) is 0 Å². The first-order valence-corrected chi connectivity index (χ1v) is 8.11. The molecule has 1 saturated heterocycles. The molecule has 0 spiro atoms. The van der Waals surface area contributed by atoms with Gasteiger partial charge in [-0.25, -0.2) is 4.39 Å². The summed E-state index contributed by atoms with van der Waals surface area (Å²) in [5, 5.41) is 29.5. The first-order chi connectivity index (χ1) is 12.5. The normalized spacial score (nSPS) is 24.8. The second kappa shape index (κ2) is 7.85. The number of hydrogen-bond donors (Lipinski definition) is 3. The van der Waals surface area contributed by atoms with Gasteiger partial charge in [0.1, 0.15) is 36.0 Å². The van der Waals surface area contributed by atoms with Gasteiger partial charge in [0.05, 0.1) is 13.7 Å². The van der Waals surface area contributed by atoms with Crippen LogP contribution >= 0.6 is 0 Å². The molecule has 0 aliphatic carbocycles. The van der Waals surface area contributed by atoms with Gasteiger partial charge in [-0.3, -0.25) is 0 Å². The molecule has 0 unspecified atom stereocenters. The van der Waals surface area contributed by atoms with Crippen molar-refractivity contribution in [1.29, 1.82) is 0 Å². The van der Waals surface area contributed by atoms with E-state index in [0.29, 0.717) is 22.4 Å². The Labute approximate surface area is 150 Å². The largest absolute Gasteiger partial charge is 0.496 e. The van der Waals surface area contributed by atoms with Crippen molar-refractivity contribution in [2.45, 2.75) is 24.4 Å². The monoisotopic (exact) mass is 358 g/mol. The van der Waals surface area contributed by atoms with E-state index in [1.54, 1.807) is 30.3 Å². The number of aliphatic hydroxyl groups is 3. The second-order valence-electron chi connectivity index (χ2n) is 5.97. The van der Waals surface area contributed by atoms with E-state index in [-0.39, 0.29) is 5.82 Å². The SMILES string of the molecule is COc1ccc(C#Cc2ccc(F)cc2)cc1[C@@H]1O[C@H](CO)[C@@H](O)[C@H]1O. The maximum absolute atomic E-state index is 13.0. The zero-order valence-corrected chi connectivity index (χ0v) is 14.1. The molecule has 1 fully saturated rings. The molecule has 2 aromatic carbocycles. The van der Waals surface area contributed by atoms with Crippen molar-refractivity contribution in [2.24, 2.45) is 0 Å². The van der Waals surface area contributed by atoms with E-state index >= 15 is 0 Å². The van der Waals surface area contributed by atoms with Crippen LogP contribution in [0.4, 0.5) is 4.39 Å². The van der Waals surface area contributed by atoms with Crippen molar-refractivity contribution in [3.8, 4) is 17.6 Å². The Morgan fingerprint density at radius 1 is 1.04 bits per heavy atom. The summed E-state index contributed by atoms with van der Waals surface area (Å²) in [6, 6.07) is 11.0. The average Bonchev–Trinajstić information content (AvgIpc) is 2.95. The molecule has 1 aliphatic heterocycles. The molecule has 1 heterocycles. The summed E-state index contributed by atoms with van der Waals surface area (Å²) in [6.45, 7) is -0.402. The van der Waals surface area contributed by atoms with Crippen molar-refractivity contribution in [3.63, 3.8) is 0 Å². The summed E-state index contributed by atoms with van der Waals surface area (Å²) >= 11 is 0. The molecular formula is C20H19FO5. The van der Waals surface area contributed by atoms with Gasteiger partial charge < -0.3 is 24.8 Å². The lowest BCUT2D eigenvalue weighted by Crippen LogP contribution is -2.32. The maximum atomic E-state index is 13.0. The van der Waals surface area contributed by atoms with Gasteiger partial charge >= 0.3 is 0 Å². The van der Waals surface area contributed by atoms with Gasteiger partial charge in [-0.15, -0.1) is 0 Å². The van der Waals surface area contributed by atoms with Crippen LogP contribution in [-0.4, -0.2) is 47.3 Å². The fourth-order valence-electron chi connectivity index (χ4n) is 2.87. The van der Waals surface area contributed by atoms with Crippen LogP contribution in [0.15, 0.2) is 42.5 Å². The molecule has 3 N–H and O–H groups in total. The standard InChI is InChI=1S/C20H19FO5/c1-25-16-9-6-13(3-2-12-4-7-14(21)8-5-12)10-15(16)20-19(24)18(23)17(11-22)26-20/h4-10,17-20,22-24H,11H2,1H3/t17-,18-,19-,20+/m1/s1. The minimum absolute atomic E-state index is 0.327. The van der Waals surface area contributed by atoms with Crippen LogP contribution in [0.2, 0.25) is 0 Å². The molecule has 1 aliphatic rings. The molecular weight excluding hydrogens is 339 g/mol. The van der Waals surface area contributed by atoms with Crippen LogP contribution < -0.4 is 4.74 Å². The molecule has 4 atom stereocenters. The van der Waals surface area contributed by atoms with Crippen molar-refractivity contribution >= 4 is 0 Å². The van der Waals surface area contributed by atoms with Crippen molar-refractivity contribution in [3.05, 3.63) is 65.0 Å². The molecule has 5 nitrogen and oxygen atoms in total. The lowest BCUT2D eigenvalue weighted by Gasteiger charge is -2.18. The average molecular weight is 358 g/mol. The number of methoxy groups -OCH3 is 1. The number of rotatable bonds is 3. The van der Waals surface area contributed by atoms with Crippen molar-refractivity contribution in [2.75, 3.05) is 13.7 Å². The third-order valence-electron chi connectivity index (χ3n) is 4.27. The third kappa shape index (κ3) is 3.71. The minimum Gasteiger partial charge on any atom is -0.496 e. The Balaban J connectivity index is 1.91. The first kappa shape index (κ1) is 18.4. The van der Waals surface area contributed by atoms with E-state index in [2.05, 4.69) is 11.8 Å². The molecule has 0 aromatic heterocycles. The Hall–Kier alpha value is -2.43. The quantitative estimate of drug-likeness (QED) is 0.723. The lowest BCUT2D eigenvalue weighted by atomic mass is 9.98. The molecule has 0 bridgehead atoms. The molecule has 6 heteroatoms. The van der Waals surface area contributed by atoms with Crippen molar-refractivity contribution in [1.82, 2.24) is 0 Å². The zero-order chi connectivity index (χ0) is 18.7. The summed E-state index contributed by atoms with van der Waals surface area (Å²) in [6.07, 6.45) is -4.09. The molecule has 0 amide bonds. The Kier molecular flexibility index (Phi) is 5.55. The summed E-state index contributed by atoms with van der Waals surface area (Å²) < 4.78 is 23.8. The van der Waals surface area contributed by atoms with Crippen molar-refractivity contribution < 1.29 is 29.2 Å². The smallest absolute Gasteiger partial charge is 0.124 e. The fourth-order valence-corrected chi connectivity index (χ4v) is 2.87. The lowest BCUT2D eigenvalue weighted by molar-refractivity contribution is -0.0233. The van der Waals surface area contributed by atoms with E-state index < -0.39 is 31.0 Å². The summed E-state index contributed by atoms with van der Waals surface area (Å²) in [5.74, 6) is 6.05. The number of hydrogen-bond acceptors (Lipinski definition) is 5. The molecule has 0 saturated carbocycles. The topological polar surface area (TPSA) is 79.2 Å². The molecule has 26 heavy (non-hydrogen) atoms. The van der Waals surface area contributed by atoms with Gasteiger partial charge in [0, 0.05) is 16.7 Å². The highest BCUT2D eigenvalue weighted by Crippen LogP contribution is 2.38. The van der Waals surface area contributed by atoms with Gasteiger partial charge in [0.15, 0.2) is 0 Å². The van der Waals surface area contributed by atoms with Gasteiger partial charge in [0.25, 0.3) is 0 Å². The van der Waals surface area contributed by atoms with Crippen LogP contribution in [0, 0.1) is 17.7 Å². The van der Waals surface area contributed by atoms with Gasteiger partial charge in [-0.05, 0) is 42.5 Å². The van der Waals surface area contributed by atoms with Crippen LogP contribution in [0.1, 0.15) is 22.8 Å². The summed E-state index contributed by atoms with van der Waals surface area (Å²) in [7, 11) is 1.49. The van der Waals surface area contributed by atoms with Crippen LogP contribution in [-0.2, 0) is 4.74 Å². The molecule has 0 radical (unpaired) electrons. The highest BCUT2D eigenvalue weighted by atomic mass is 19.1. The Bertz CT molecular complexity index is 824. The molecule has 136 valence electrons. The second-order valence-corrected chi connectivity index (χ2v) is 5.97. The summed E-state index contributed by atoms with van der Waals surface area (Å²) in [4.78, 5) is 0. The number of halogens is 1. The summed E-state index contributed by atoms with van der Waals surface area (Å²) in [5.41, 5.74) is 1.83. The Morgan fingerprint density at radius 2 is 1.69 bits per heavy atom. The zero-order valence-electron chi connectivity index (χ0n) is 14.1. The van der Waals surface area contributed by atoms with Gasteiger partial charge in [-0.2, -0.15) is 0 Å². The van der Waals surface area contributed by atoms with Crippen LogP contribution in [0.25, 0.3) is 0 Å². The third-order valence-corrected chi connectivity index (χ3v) is 4.27. The predicted octanol–water partition coefficient (Wildman–Crippen LogP) is 1.39. The fraction of sp³-hybridized carbons (Fsp3) is 0.300. The van der Waals surface area contributed by atoms with Crippen LogP contribution in [0.5, 0.6) is 5.75 Å². The van der Waals surface area contributed by atoms with E-state index in [0.717, 1.165) is 0 Å². The highest BCUT2D eigenvalue weighted by Gasteiger charge is 2.44. The molecule has 2 aromatic rings. The molecule has 3 rings (SSSR count). The minimum atomic E-state index is -1.19. The number of benzene rings is 2. The van der Waals surface area contributed by atoms with E-state index in [1.807, 2.05) is 0 Å². The first-order valence-electron chi connectivity index (χ1n) is 8.11. The predicted molar refractivity (Wildman–Crippen MR) is 92.1 cm³/mol.